The number of carbonyl (C=O) groups excluding carboxylic acids is 3. The Morgan fingerprint density at radius 2 is 1.92 bits per heavy atom. The van der Waals surface area contributed by atoms with E-state index in [0.717, 1.165) is 4.90 Å². The SMILES string of the molecule is O=C(O)C1CCCN(C(=O)CN2C(=O)c3ccc(Br)cc3C2=O)C1. The van der Waals surface area contributed by atoms with Crippen LogP contribution >= 0.6 is 15.9 Å². The third-order valence-electron chi connectivity index (χ3n) is 4.35. The van der Waals surface area contributed by atoms with E-state index in [9.17, 15) is 19.2 Å². The van der Waals surface area contributed by atoms with Crippen LogP contribution in [0.1, 0.15) is 33.6 Å². The number of nitrogens with zero attached hydrogens (tertiary/aromatic N) is 2. The molecule has 1 unspecified atom stereocenters. The van der Waals surface area contributed by atoms with Crippen LogP contribution in [0, 0.1) is 5.92 Å². The topological polar surface area (TPSA) is 95.0 Å². The van der Waals surface area contributed by atoms with Crippen molar-refractivity contribution in [3.8, 4) is 0 Å². The van der Waals surface area contributed by atoms with E-state index in [2.05, 4.69) is 15.9 Å². The molecule has 1 saturated heterocycles. The monoisotopic (exact) mass is 394 g/mol. The summed E-state index contributed by atoms with van der Waals surface area (Å²) in [7, 11) is 0. The molecule has 0 aliphatic carbocycles. The van der Waals surface area contributed by atoms with Gasteiger partial charge in [-0.1, -0.05) is 15.9 Å². The van der Waals surface area contributed by atoms with Crippen LogP contribution in [0.25, 0.3) is 0 Å². The number of hydrogen-bond acceptors (Lipinski definition) is 4. The maximum absolute atomic E-state index is 12.4. The van der Waals surface area contributed by atoms with Gasteiger partial charge in [-0.3, -0.25) is 24.1 Å². The highest BCUT2D eigenvalue weighted by Gasteiger charge is 2.38. The highest BCUT2D eigenvalue weighted by Crippen LogP contribution is 2.26. The summed E-state index contributed by atoms with van der Waals surface area (Å²) in [5.74, 6) is -2.94. The van der Waals surface area contributed by atoms with Gasteiger partial charge >= 0.3 is 5.97 Å². The van der Waals surface area contributed by atoms with Crippen LogP contribution in [0.2, 0.25) is 0 Å². The average Bonchev–Trinajstić information content (AvgIpc) is 2.79. The van der Waals surface area contributed by atoms with Gasteiger partial charge in [0.15, 0.2) is 0 Å². The van der Waals surface area contributed by atoms with Crippen LogP contribution in [0.4, 0.5) is 0 Å². The lowest BCUT2D eigenvalue weighted by Gasteiger charge is -2.31. The third-order valence-corrected chi connectivity index (χ3v) is 4.84. The van der Waals surface area contributed by atoms with Crippen LogP contribution in [0.5, 0.6) is 0 Å². The molecular weight excluding hydrogens is 380 g/mol. The zero-order chi connectivity index (χ0) is 17.4. The molecular formula is C16H15BrN2O5. The first-order valence-corrected chi connectivity index (χ1v) is 8.34. The second-order valence-corrected chi connectivity index (χ2v) is 6.82. The van der Waals surface area contributed by atoms with Gasteiger partial charge in [0.05, 0.1) is 17.0 Å². The lowest BCUT2D eigenvalue weighted by atomic mass is 9.98. The second kappa shape index (κ2) is 6.35. The molecule has 1 aromatic rings. The van der Waals surface area contributed by atoms with Gasteiger partial charge in [-0.15, -0.1) is 0 Å². The number of halogens is 1. The number of fused-ring (bicyclic) bond motifs is 1. The fraction of sp³-hybridized carbons (Fsp3) is 0.375. The minimum atomic E-state index is -0.932. The Kier molecular flexibility index (Phi) is 4.40. The molecule has 2 aliphatic rings. The Morgan fingerprint density at radius 1 is 1.21 bits per heavy atom. The number of imide groups is 1. The molecule has 1 fully saturated rings. The molecule has 0 saturated carbocycles. The number of rotatable bonds is 3. The predicted molar refractivity (Wildman–Crippen MR) is 86.4 cm³/mol. The molecule has 8 heteroatoms. The summed E-state index contributed by atoms with van der Waals surface area (Å²) >= 11 is 3.25. The molecule has 3 amide bonds. The van der Waals surface area contributed by atoms with E-state index in [4.69, 9.17) is 5.11 Å². The van der Waals surface area contributed by atoms with Crippen molar-refractivity contribution in [1.82, 2.24) is 9.80 Å². The summed E-state index contributed by atoms with van der Waals surface area (Å²) < 4.78 is 0.677. The van der Waals surface area contributed by atoms with E-state index >= 15 is 0 Å². The van der Waals surface area contributed by atoms with E-state index < -0.39 is 29.6 Å². The molecule has 0 aromatic heterocycles. The molecule has 24 heavy (non-hydrogen) atoms. The molecule has 2 aliphatic heterocycles. The van der Waals surface area contributed by atoms with Gasteiger partial charge < -0.3 is 10.0 Å². The van der Waals surface area contributed by atoms with E-state index in [0.29, 0.717) is 23.9 Å². The smallest absolute Gasteiger partial charge is 0.308 e. The molecule has 0 radical (unpaired) electrons. The number of carbonyl (C=O) groups is 4. The summed E-state index contributed by atoms with van der Waals surface area (Å²) in [5, 5.41) is 9.09. The van der Waals surface area contributed by atoms with Gasteiger partial charge in [0.25, 0.3) is 11.8 Å². The number of likely N-dealkylation sites (tertiary alicyclic amines) is 1. The molecule has 1 aromatic carbocycles. The summed E-state index contributed by atoms with van der Waals surface area (Å²) in [4.78, 5) is 50.5. The van der Waals surface area contributed by atoms with E-state index in [-0.39, 0.29) is 24.2 Å². The zero-order valence-electron chi connectivity index (χ0n) is 12.7. The maximum Gasteiger partial charge on any atom is 0.308 e. The molecule has 2 heterocycles. The van der Waals surface area contributed by atoms with Crippen molar-refractivity contribution in [3.05, 3.63) is 33.8 Å². The first-order chi connectivity index (χ1) is 11.4. The zero-order valence-corrected chi connectivity index (χ0v) is 14.3. The first-order valence-electron chi connectivity index (χ1n) is 7.55. The number of carboxylic acids is 1. The Bertz CT molecular complexity index is 748. The van der Waals surface area contributed by atoms with Crippen molar-refractivity contribution in [3.63, 3.8) is 0 Å². The quantitative estimate of drug-likeness (QED) is 0.781. The van der Waals surface area contributed by atoms with E-state index in [1.165, 1.54) is 4.90 Å². The predicted octanol–water partition coefficient (Wildman–Crippen LogP) is 1.37. The van der Waals surface area contributed by atoms with Crippen molar-refractivity contribution in [2.75, 3.05) is 19.6 Å². The Balaban J connectivity index is 1.72. The summed E-state index contributed by atoms with van der Waals surface area (Å²) in [5.41, 5.74) is 0.544. The highest BCUT2D eigenvalue weighted by molar-refractivity contribution is 9.10. The lowest BCUT2D eigenvalue weighted by Crippen LogP contribution is -2.47. The first kappa shape index (κ1) is 16.6. The van der Waals surface area contributed by atoms with Crippen molar-refractivity contribution in [1.29, 1.82) is 0 Å². The summed E-state index contributed by atoms with van der Waals surface area (Å²) in [6, 6.07) is 4.77. The van der Waals surface area contributed by atoms with E-state index in [1.807, 2.05) is 0 Å². The molecule has 7 nitrogen and oxygen atoms in total. The standard InChI is InChI=1S/C16H15BrN2O5/c17-10-3-4-11-12(6-10)15(22)19(14(11)21)8-13(20)18-5-1-2-9(7-18)16(23)24/h3-4,6,9H,1-2,5,7-8H2,(H,23,24). The number of benzene rings is 1. The number of carboxylic acid groups (broad SMARTS) is 1. The van der Waals surface area contributed by atoms with Gasteiger partial charge in [-0.25, -0.2) is 0 Å². The fourth-order valence-corrected chi connectivity index (χ4v) is 3.41. The van der Waals surface area contributed by atoms with Gasteiger partial charge in [0.1, 0.15) is 6.54 Å². The van der Waals surface area contributed by atoms with Crippen LogP contribution in [0.15, 0.2) is 22.7 Å². The van der Waals surface area contributed by atoms with Crippen molar-refractivity contribution < 1.29 is 24.3 Å². The number of amides is 3. The van der Waals surface area contributed by atoms with Gasteiger partial charge in [-0.05, 0) is 31.0 Å². The molecule has 0 spiro atoms. The average molecular weight is 395 g/mol. The van der Waals surface area contributed by atoms with E-state index in [1.54, 1.807) is 18.2 Å². The maximum atomic E-state index is 12.4. The molecule has 1 N–H and O–H groups in total. The minimum Gasteiger partial charge on any atom is -0.481 e. The molecule has 3 rings (SSSR count). The fourth-order valence-electron chi connectivity index (χ4n) is 3.05. The number of aliphatic carboxylic acids is 1. The summed E-state index contributed by atoms with van der Waals surface area (Å²) in [6.07, 6.45) is 1.12. The third kappa shape index (κ3) is 2.93. The van der Waals surface area contributed by atoms with Gasteiger partial charge in [-0.2, -0.15) is 0 Å². The molecule has 0 bridgehead atoms. The lowest BCUT2D eigenvalue weighted by molar-refractivity contribution is -0.145. The number of piperidine rings is 1. The van der Waals surface area contributed by atoms with Crippen molar-refractivity contribution in [2.45, 2.75) is 12.8 Å². The minimum absolute atomic E-state index is 0.114. The van der Waals surface area contributed by atoms with Crippen LogP contribution in [-0.4, -0.2) is 58.2 Å². The van der Waals surface area contributed by atoms with Crippen LogP contribution < -0.4 is 0 Å². The largest absolute Gasteiger partial charge is 0.481 e. The second-order valence-electron chi connectivity index (χ2n) is 5.90. The highest BCUT2D eigenvalue weighted by atomic mass is 79.9. The summed E-state index contributed by atoms with van der Waals surface area (Å²) in [6.45, 7) is 0.191. The normalized spacial score (nSPS) is 20.3. The van der Waals surface area contributed by atoms with Crippen LogP contribution in [-0.2, 0) is 9.59 Å². The Hall–Kier alpha value is -2.22. The van der Waals surface area contributed by atoms with Crippen molar-refractivity contribution in [2.24, 2.45) is 5.92 Å². The molecule has 126 valence electrons. The van der Waals surface area contributed by atoms with Crippen molar-refractivity contribution >= 4 is 39.6 Å². The number of hydrogen-bond donors (Lipinski definition) is 1. The molecule has 1 atom stereocenters. The van der Waals surface area contributed by atoms with Gasteiger partial charge in [0, 0.05) is 17.6 Å². The van der Waals surface area contributed by atoms with Gasteiger partial charge in [0.2, 0.25) is 5.91 Å². The Morgan fingerprint density at radius 3 is 2.62 bits per heavy atom. The Labute approximate surface area is 146 Å². The van der Waals surface area contributed by atoms with Crippen LogP contribution in [0.3, 0.4) is 0 Å².